The van der Waals surface area contributed by atoms with Crippen LogP contribution in [0.2, 0.25) is 0 Å². The van der Waals surface area contributed by atoms with Crippen LogP contribution in [-0.2, 0) is 14.8 Å². The third kappa shape index (κ3) is 3.21. The summed E-state index contributed by atoms with van der Waals surface area (Å²) in [5.41, 5.74) is -0.0538. The van der Waals surface area contributed by atoms with E-state index in [-0.39, 0.29) is 30.2 Å². The molecule has 0 bridgehead atoms. The molecule has 1 amide bonds. The van der Waals surface area contributed by atoms with E-state index >= 15 is 0 Å². The lowest BCUT2D eigenvalue weighted by atomic mass is 10.1. The molecule has 0 saturated carbocycles. The van der Waals surface area contributed by atoms with Crippen molar-refractivity contribution in [2.24, 2.45) is 11.1 Å². The Labute approximate surface area is 109 Å². The molecule has 0 aromatic heterocycles. The summed E-state index contributed by atoms with van der Waals surface area (Å²) in [6, 6.07) is 3.35. The highest BCUT2D eigenvalue weighted by atomic mass is 32.2. The molecule has 0 spiro atoms. The van der Waals surface area contributed by atoms with Gasteiger partial charge in [-0.1, -0.05) is 0 Å². The van der Waals surface area contributed by atoms with Crippen molar-refractivity contribution >= 4 is 21.6 Å². The van der Waals surface area contributed by atoms with E-state index in [9.17, 15) is 22.7 Å². The fraction of sp³-hybridized carbons (Fsp3) is 0.364. The van der Waals surface area contributed by atoms with Crippen LogP contribution < -0.4 is 10.0 Å². The Kier molecular flexibility index (Phi) is 3.46. The number of primary sulfonamides is 1. The molecule has 1 fully saturated rings. The zero-order valence-corrected chi connectivity index (χ0v) is 10.7. The number of sulfonamides is 1. The van der Waals surface area contributed by atoms with Crippen molar-refractivity contribution in [1.82, 2.24) is 0 Å². The van der Waals surface area contributed by atoms with Gasteiger partial charge in [-0.05, 0) is 12.1 Å². The molecule has 0 radical (unpaired) electrons. The van der Waals surface area contributed by atoms with Crippen LogP contribution in [0.4, 0.5) is 10.1 Å². The zero-order valence-electron chi connectivity index (χ0n) is 9.91. The molecule has 1 heterocycles. The van der Waals surface area contributed by atoms with Gasteiger partial charge in [-0.15, -0.1) is 0 Å². The molecule has 104 valence electrons. The average molecular weight is 288 g/mol. The number of halogens is 1. The van der Waals surface area contributed by atoms with Gasteiger partial charge in [0.1, 0.15) is 11.6 Å². The van der Waals surface area contributed by atoms with Gasteiger partial charge >= 0.3 is 0 Å². The van der Waals surface area contributed by atoms with E-state index in [0.717, 1.165) is 17.0 Å². The van der Waals surface area contributed by atoms with Gasteiger partial charge in [0, 0.05) is 24.9 Å². The van der Waals surface area contributed by atoms with Crippen LogP contribution in [-0.4, -0.2) is 31.7 Å². The van der Waals surface area contributed by atoms with Crippen LogP contribution in [0.5, 0.6) is 5.75 Å². The number of nitrogens with two attached hydrogens (primary N) is 1. The first-order valence-corrected chi connectivity index (χ1v) is 7.27. The summed E-state index contributed by atoms with van der Waals surface area (Å²) in [5, 5.41) is 14.2. The number of hydrogen-bond acceptors (Lipinski definition) is 4. The molecule has 8 heteroatoms. The summed E-state index contributed by atoms with van der Waals surface area (Å²) in [4.78, 5) is 12.9. The van der Waals surface area contributed by atoms with E-state index in [2.05, 4.69) is 0 Å². The molecule has 1 aromatic rings. The summed E-state index contributed by atoms with van der Waals surface area (Å²) in [5.74, 6) is -2.00. The van der Waals surface area contributed by atoms with Gasteiger partial charge in [-0.25, -0.2) is 17.9 Å². The second-order valence-electron chi connectivity index (χ2n) is 4.54. The first-order valence-electron chi connectivity index (χ1n) is 5.55. The predicted molar refractivity (Wildman–Crippen MR) is 66.5 cm³/mol. The number of benzene rings is 1. The Balaban J connectivity index is 2.23. The standard InChI is InChI=1S/C11H13FN2O4S/c12-9-2-1-8(15)4-10(9)14-5-7(3-11(14)16)6-19(13,17)18/h1-2,4,7,15H,3,5-6H2,(H2,13,17,18). The van der Waals surface area contributed by atoms with E-state index in [0.29, 0.717) is 0 Å². The number of amides is 1. The first-order chi connectivity index (χ1) is 8.76. The number of hydrogen-bond donors (Lipinski definition) is 2. The highest BCUT2D eigenvalue weighted by molar-refractivity contribution is 7.89. The van der Waals surface area contributed by atoms with Gasteiger partial charge in [-0.3, -0.25) is 4.79 Å². The Morgan fingerprint density at radius 3 is 2.79 bits per heavy atom. The second-order valence-corrected chi connectivity index (χ2v) is 6.20. The number of phenolic OH excluding ortho intramolecular Hbond substituents is 1. The normalized spacial score (nSPS) is 20.0. The Bertz CT molecular complexity index is 617. The number of rotatable bonds is 3. The topological polar surface area (TPSA) is 101 Å². The fourth-order valence-electron chi connectivity index (χ4n) is 2.16. The number of carbonyl (C=O) groups is 1. The molecule has 1 unspecified atom stereocenters. The summed E-state index contributed by atoms with van der Waals surface area (Å²) in [6.45, 7) is 0.0651. The van der Waals surface area contributed by atoms with Crippen molar-refractivity contribution in [2.75, 3.05) is 17.2 Å². The van der Waals surface area contributed by atoms with Crippen LogP contribution in [0.3, 0.4) is 0 Å². The van der Waals surface area contributed by atoms with E-state index in [1.54, 1.807) is 0 Å². The maximum absolute atomic E-state index is 13.6. The van der Waals surface area contributed by atoms with E-state index < -0.39 is 27.7 Å². The quantitative estimate of drug-likeness (QED) is 0.828. The SMILES string of the molecule is NS(=O)(=O)CC1CC(=O)N(c2cc(O)ccc2F)C1. The molecule has 1 aliphatic rings. The Hall–Kier alpha value is -1.67. The van der Waals surface area contributed by atoms with E-state index in [1.807, 2.05) is 0 Å². The number of nitrogens with zero attached hydrogens (tertiary/aromatic N) is 1. The minimum Gasteiger partial charge on any atom is -0.508 e. The molecule has 1 atom stereocenters. The van der Waals surface area contributed by atoms with Crippen LogP contribution in [0.15, 0.2) is 18.2 Å². The summed E-state index contributed by atoms with van der Waals surface area (Å²) < 4.78 is 35.6. The van der Waals surface area contributed by atoms with Gasteiger partial charge in [0.25, 0.3) is 0 Å². The predicted octanol–water partition coefficient (Wildman–Crippen LogP) is 0.173. The van der Waals surface area contributed by atoms with Gasteiger partial charge < -0.3 is 10.0 Å². The lowest BCUT2D eigenvalue weighted by Crippen LogP contribution is -2.28. The molecule has 1 saturated heterocycles. The van der Waals surface area contributed by atoms with Gasteiger partial charge in [0.15, 0.2) is 0 Å². The van der Waals surface area contributed by atoms with Crippen molar-refractivity contribution in [3.05, 3.63) is 24.0 Å². The van der Waals surface area contributed by atoms with Gasteiger partial charge in [0.2, 0.25) is 15.9 Å². The minimum absolute atomic E-state index is 0.00841. The monoisotopic (exact) mass is 288 g/mol. The van der Waals surface area contributed by atoms with Gasteiger partial charge in [0.05, 0.1) is 11.4 Å². The molecule has 1 aliphatic heterocycles. The van der Waals surface area contributed by atoms with Crippen molar-refractivity contribution < 1.29 is 22.7 Å². The molecular formula is C11H13FN2O4S. The fourth-order valence-corrected chi connectivity index (χ4v) is 3.04. The Morgan fingerprint density at radius 2 is 2.16 bits per heavy atom. The van der Waals surface area contributed by atoms with E-state index in [1.165, 1.54) is 6.07 Å². The smallest absolute Gasteiger partial charge is 0.227 e. The van der Waals surface area contributed by atoms with Crippen molar-refractivity contribution in [2.45, 2.75) is 6.42 Å². The first kappa shape index (κ1) is 13.8. The summed E-state index contributed by atoms with van der Waals surface area (Å²) in [6.07, 6.45) is -0.00841. The lowest BCUT2D eigenvalue weighted by Gasteiger charge is -2.17. The second kappa shape index (κ2) is 4.78. The third-order valence-electron chi connectivity index (χ3n) is 2.89. The molecular weight excluding hydrogens is 275 g/mol. The third-order valence-corrected chi connectivity index (χ3v) is 3.83. The van der Waals surface area contributed by atoms with Crippen LogP contribution in [0, 0.1) is 11.7 Å². The number of anilines is 1. The molecule has 1 aromatic carbocycles. The molecule has 19 heavy (non-hydrogen) atoms. The zero-order chi connectivity index (χ0) is 14.2. The maximum atomic E-state index is 13.6. The number of carbonyl (C=O) groups excluding carboxylic acids is 1. The van der Waals surface area contributed by atoms with Gasteiger partial charge in [-0.2, -0.15) is 0 Å². The van der Waals surface area contributed by atoms with Crippen LogP contribution in [0.1, 0.15) is 6.42 Å². The number of aromatic hydroxyl groups is 1. The van der Waals surface area contributed by atoms with Crippen LogP contribution >= 0.6 is 0 Å². The summed E-state index contributed by atoms with van der Waals surface area (Å²) in [7, 11) is -3.68. The largest absolute Gasteiger partial charge is 0.508 e. The average Bonchev–Trinajstić information content (AvgIpc) is 2.60. The van der Waals surface area contributed by atoms with Crippen molar-refractivity contribution in [3.8, 4) is 5.75 Å². The molecule has 6 nitrogen and oxygen atoms in total. The molecule has 0 aliphatic carbocycles. The highest BCUT2D eigenvalue weighted by Gasteiger charge is 2.34. The molecule has 2 rings (SSSR count). The highest BCUT2D eigenvalue weighted by Crippen LogP contribution is 2.30. The molecule has 3 N–H and O–H groups in total. The minimum atomic E-state index is -3.68. The van der Waals surface area contributed by atoms with Crippen molar-refractivity contribution in [1.29, 1.82) is 0 Å². The lowest BCUT2D eigenvalue weighted by molar-refractivity contribution is -0.117. The maximum Gasteiger partial charge on any atom is 0.227 e. The summed E-state index contributed by atoms with van der Waals surface area (Å²) >= 11 is 0. The van der Waals surface area contributed by atoms with Crippen molar-refractivity contribution in [3.63, 3.8) is 0 Å². The Morgan fingerprint density at radius 1 is 1.47 bits per heavy atom. The van der Waals surface area contributed by atoms with E-state index in [4.69, 9.17) is 5.14 Å². The van der Waals surface area contributed by atoms with Crippen LogP contribution in [0.25, 0.3) is 0 Å². The number of phenols is 1.